The molecule has 2 aliphatic rings. The van der Waals surface area contributed by atoms with E-state index in [1.54, 1.807) is 18.2 Å². The molecule has 0 saturated heterocycles. The van der Waals surface area contributed by atoms with Crippen molar-refractivity contribution in [2.75, 3.05) is 26.4 Å². The lowest BCUT2D eigenvalue weighted by molar-refractivity contribution is -0.168. The van der Waals surface area contributed by atoms with Crippen molar-refractivity contribution in [2.24, 2.45) is 22.2 Å². The number of rotatable bonds is 11. The van der Waals surface area contributed by atoms with Gasteiger partial charge in [-0.15, -0.1) is 0 Å². The molecule has 0 bridgehead atoms. The van der Waals surface area contributed by atoms with Gasteiger partial charge in [-0.1, -0.05) is 71.9 Å². The van der Waals surface area contributed by atoms with E-state index in [2.05, 4.69) is 20.8 Å². The van der Waals surface area contributed by atoms with Crippen molar-refractivity contribution in [3.05, 3.63) is 65.5 Å². The number of hydrogen-bond donors (Lipinski definition) is 2. The van der Waals surface area contributed by atoms with Gasteiger partial charge in [0, 0.05) is 24.6 Å². The van der Waals surface area contributed by atoms with Crippen molar-refractivity contribution in [3.8, 4) is 0 Å². The number of amides is 1. The van der Waals surface area contributed by atoms with E-state index >= 15 is 0 Å². The highest BCUT2D eigenvalue weighted by atomic mass is 19.4. The molecule has 0 saturated carbocycles. The number of carbonyl (C=O) groups is 2. The second kappa shape index (κ2) is 13.5. The van der Waals surface area contributed by atoms with Crippen LogP contribution in [0, 0.1) is 22.2 Å². The highest BCUT2D eigenvalue weighted by molar-refractivity contribution is 6.21. The molecule has 0 spiro atoms. The van der Waals surface area contributed by atoms with Gasteiger partial charge in [0.2, 0.25) is 0 Å². The molecule has 4 unspecified atom stereocenters. The van der Waals surface area contributed by atoms with Gasteiger partial charge in [0.25, 0.3) is 5.91 Å². The minimum Gasteiger partial charge on any atom is -0.491 e. The summed E-state index contributed by atoms with van der Waals surface area (Å²) in [5.74, 6) is -1.04. The van der Waals surface area contributed by atoms with E-state index < -0.39 is 47.1 Å². The topological polar surface area (TPSA) is 96.3 Å². The fraction of sp³-hybridized carbons (Fsp3) is 0.588. The maximum atomic E-state index is 13.8. The lowest BCUT2D eigenvalue weighted by Gasteiger charge is -2.43. The van der Waals surface area contributed by atoms with Gasteiger partial charge in [-0.2, -0.15) is 13.2 Å². The normalized spacial score (nSPS) is 21.2. The number of hydrogen-bond acceptors (Lipinski definition) is 6. The van der Waals surface area contributed by atoms with E-state index in [0.29, 0.717) is 12.2 Å². The molecule has 1 aromatic carbocycles. The number of allylic oxidation sites excluding steroid dienone is 1. The number of ether oxygens (including phenoxy) is 2. The van der Waals surface area contributed by atoms with Gasteiger partial charge in [-0.3, -0.25) is 9.59 Å². The second-order valence-corrected chi connectivity index (χ2v) is 14.1. The molecule has 1 heterocycles. The minimum absolute atomic E-state index is 0.0505. The van der Waals surface area contributed by atoms with Crippen LogP contribution in [0.2, 0.25) is 0 Å². The average Bonchev–Trinajstić information content (AvgIpc) is 2.92. The second-order valence-electron chi connectivity index (χ2n) is 14.1. The molecule has 7 nitrogen and oxygen atoms in total. The highest BCUT2D eigenvalue weighted by Crippen LogP contribution is 2.47. The van der Waals surface area contributed by atoms with Crippen LogP contribution in [0.25, 0.3) is 5.57 Å². The lowest BCUT2D eigenvalue weighted by Crippen LogP contribution is -2.48. The van der Waals surface area contributed by atoms with Crippen LogP contribution in [0.5, 0.6) is 0 Å². The van der Waals surface area contributed by atoms with Gasteiger partial charge >= 0.3 is 12.1 Å². The van der Waals surface area contributed by atoms with Crippen molar-refractivity contribution in [1.82, 2.24) is 4.90 Å². The Labute approximate surface area is 258 Å². The zero-order chi connectivity index (χ0) is 33.1. The van der Waals surface area contributed by atoms with Gasteiger partial charge in [0.1, 0.15) is 25.1 Å². The van der Waals surface area contributed by atoms with Crippen molar-refractivity contribution in [3.63, 3.8) is 0 Å². The molecule has 0 aromatic heterocycles. The van der Waals surface area contributed by atoms with Gasteiger partial charge in [-0.25, -0.2) is 0 Å². The summed E-state index contributed by atoms with van der Waals surface area (Å²) in [4.78, 5) is 28.2. The Bertz CT molecular complexity index is 1290. The predicted molar refractivity (Wildman–Crippen MR) is 162 cm³/mol. The fourth-order valence-corrected chi connectivity index (χ4v) is 5.69. The monoisotopic (exact) mass is 621 g/mol. The van der Waals surface area contributed by atoms with Gasteiger partial charge in [-0.05, 0) is 54.4 Å². The van der Waals surface area contributed by atoms with Crippen molar-refractivity contribution >= 4 is 17.4 Å². The molecule has 4 atom stereocenters. The summed E-state index contributed by atoms with van der Waals surface area (Å²) in [6, 6.07) is 4.42. The van der Waals surface area contributed by atoms with E-state index in [1.807, 2.05) is 27.7 Å². The minimum atomic E-state index is -4.64. The van der Waals surface area contributed by atoms with E-state index in [1.165, 1.54) is 29.2 Å². The van der Waals surface area contributed by atoms with Crippen molar-refractivity contribution in [1.29, 1.82) is 0 Å². The first-order valence-corrected chi connectivity index (χ1v) is 15.0. The number of aliphatic hydroxyl groups is 2. The summed E-state index contributed by atoms with van der Waals surface area (Å²) < 4.78 is 52.7. The Balaban J connectivity index is 1.74. The molecule has 1 amide bonds. The quantitative estimate of drug-likeness (QED) is 0.288. The first-order chi connectivity index (χ1) is 20.3. The molecule has 1 aliphatic heterocycles. The number of halogens is 3. The molecule has 1 aliphatic carbocycles. The summed E-state index contributed by atoms with van der Waals surface area (Å²) >= 11 is 0. The van der Waals surface area contributed by atoms with E-state index in [-0.39, 0.29) is 54.8 Å². The third-order valence-corrected chi connectivity index (χ3v) is 8.34. The lowest BCUT2D eigenvalue weighted by atomic mass is 9.61. The van der Waals surface area contributed by atoms with Crippen LogP contribution >= 0.6 is 0 Å². The molecule has 244 valence electrons. The Kier molecular flexibility index (Phi) is 10.8. The average molecular weight is 622 g/mol. The summed E-state index contributed by atoms with van der Waals surface area (Å²) in [6.07, 6.45) is 1.68. The Hall–Kier alpha value is -3.11. The standard InChI is InChI=1S/C34H46F3NO6/c1-31(2,3)21-33(7,32(4,5)6)30(42)44-20-23(40)19-43-24-14-13-22-17-26(25-11-8-9-12-27(25)34(35,36)37)29(41)38(15-10-16-39)28(22)18-24/h8-9,11-14,17-18,22-23,28,39-40H,10,15-16,19-21H2,1-7H3. The summed E-state index contributed by atoms with van der Waals surface area (Å²) in [6.45, 7) is 13.5. The molecule has 0 fully saturated rings. The number of fused-ring (bicyclic) bond motifs is 1. The SMILES string of the molecule is CC(C)(C)CC(C)(C(=O)OCC(O)COC1=CC2C(C=C1)C=C(c1ccccc1C(F)(F)F)C(=O)N2CCCO)C(C)(C)C. The van der Waals surface area contributed by atoms with Crippen LogP contribution in [0.15, 0.2) is 54.3 Å². The maximum Gasteiger partial charge on any atom is 0.417 e. The van der Waals surface area contributed by atoms with E-state index in [9.17, 15) is 33.0 Å². The van der Waals surface area contributed by atoms with Crippen LogP contribution in [0.3, 0.4) is 0 Å². The van der Waals surface area contributed by atoms with Crippen LogP contribution in [-0.2, 0) is 25.2 Å². The van der Waals surface area contributed by atoms with Gasteiger partial charge in [0.05, 0.1) is 17.0 Å². The Morgan fingerprint density at radius 3 is 2.27 bits per heavy atom. The predicted octanol–water partition coefficient (Wildman–Crippen LogP) is 6.16. The number of nitrogens with zero attached hydrogens (tertiary/aromatic N) is 1. The van der Waals surface area contributed by atoms with Gasteiger partial charge in [0.15, 0.2) is 0 Å². The first kappa shape index (κ1) is 35.4. The first-order valence-electron chi connectivity index (χ1n) is 15.0. The smallest absolute Gasteiger partial charge is 0.417 e. The third kappa shape index (κ3) is 8.33. The molecule has 0 radical (unpaired) electrons. The van der Waals surface area contributed by atoms with Crippen LogP contribution < -0.4 is 0 Å². The molecular weight excluding hydrogens is 575 g/mol. The maximum absolute atomic E-state index is 13.8. The Morgan fingerprint density at radius 1 is 1.02 bits per heavy atom. The number of aliphatic hydroxyl groups excluding tert-OH is 2. The molecule has 10 heteroatoms. The number of alkyl halides is 3. The molecule has 3 rings (SSSR count). The summed E-state index contributed by atoms with van der Waals surface area (Å²) in [5.41, 5.74) is -2.42. The van der Waals surface area contributed by atoms with Crippen LogP contribution in [0.4, 0.5) is 13.2 Å². The highest BCUT2D eigenvalue weighted by Gasteiger charge is 2.48. The zero-order valence-corrected chi connectivity index (χ0v) is 26.7. The number of carbonyl (C=O) groups excluding carboxylic acids is 2. The van der Waals surface area contributed by atoms with Crippen LogP contribution in [0.1, 0.15) is 72.4 Å². The number of benzene rings is 1. The molecule has 2 N–H and O–H groups in total. The van der Waals surface area contributed by atoms with Crippen LogP contribution in [-0.4, -0.2) is 65.5 Å². The van der Waals surface area contributed by atoms with Crippen molar-refractivity contribution < 1.29 is 42.4 Å². The zero-order valence-electron chi connectivity index (χ0n) is 26.7. The number of esters is 1. The summed E-state index contributed by atoms with van der Waals surface area (Å²) in [7, 11) is 0. The fourth-order valence-electron chi connectivity index (χ4n) is 5.69. The molecular formula is C34H46F3NO6. The summed E-state index contributed by atoms with van der Waals surface area (Å²) in [5, 5.41) is 20.0. The molecule has 1 aromatic rings. The molecule has 44 heavy (non-hydrogen) atoms. The largest absolute Gasteiger partial charge is 0.491 e. The Morgan fingerprint density at radius 2 is 1.68 bits per heavy atom. The van der Waals surface area contributed by atoms with E-state index in [0.717, 1.165) is 6.07 Å². The van der Waals surface area contributed by atoms with Gasteiger partial charge < -0.3 is 24.6 Å². The van der Waals surface area contributed by atoms with E-state index in [4.69, 9.17) is 9.47 Å². The van der Waals surface area contributed by atoms with Crippen molar-refractivity contribution in [2.45, 2.75) is 79.6 Å². The third-order valence-electron chi connectivity index (χ3n) is 8.34.